The Balaban J connectivity index is 1.42. The lowest BCUT2D eigenvalue weighted by atomic mass is 9.90. The van der Waals surface area contributed by atoms with Gasteiger partial charge >= 0.3 is 6.18 Å². The van der Waals surface area contributed by atoms with Crippen molar-refractivity contribution in [3.63, 3.8) is 0 Å². The average molecular weight is 448 g/mol. The van der Waals surface area contributed by atoms with Crippen LogP contribution in [0.5, 0.6) is 0 Å². The molecule has 4 nitrogen and oxygen atoms in total. The first-order chi connectivity index (χ1) is 14.8. The molecule has 0 bridgehead atoms. The number of hydrogen-bond donors (Lipinski definition) is 2. The van der Waals surface area contributed by atoms with Crippen LogP contribution < -0.4 is 10.6 Å². The van der Waals surface area contributed by atoms with Crippen LogP contribution in [0, 0.1) is 0 Å². The number of alkyl halides is 3. The standard InChI is InChI=1S/C23H21ClF3N3O/c24-15-5-3-4-14(12-15)22(31)29-17-10-8-16(9-11-17)28-20-13-21(23(25,26)27)30-19-7-2-1-6-18(19)20/h1-7,12-13,16-17H,8-11H2,(H,28,30)(H,29,31). The van der Waals surface area contributed by atoms with Crippen LogP contribution in [0.25, 0.3) is 10.9 Å². The summed E-state index contributed by atoms with van der Waals surface area (Å²) in [5, 5.41) is 7.46. The van der Waals surface area contributed by atoms with Crippen molar-refractivity contribution in [1.82, 2.24) is 10.3 Å². The van der Waals surface area contributed by atoms with Gasteiger partial charge in [0.1, 0.15) is 5.69 Å². The maximum atomic E-state index is 13.3. The molecule has 3 aromatic rings. The van der Waals surface area contributed by atoms with Crippen molar-refractivity contribution in [3.8, 4) is 0 Å². The van der Waals surface area contributed by atoms with Crippen molar-refractivity contribution in [2.24, 2.45) is 0 Å². The molecule has 2 aromatic carbocycles. The number of anilines is 1. The highest BCUT2D eigenvalue weighted by atomic mass is 35.5. The number of amides is 1. The van der Waals surface area contributed by atoms with Crippen LogP contribution in [0.3, 0.4) is 0 Å². The quantitative estimate of drug-likeness (QED) is 0.511. The average Bonchev–Trinajstić information content (AvgIpc) is 2.74. The number of aromatic nitrogens is 1. The Labute approximate surface area is 182 Å². The van der Waals surface area contributed by atoms with Gasteiger partial charge in [0, 0.05) is 33.7 Å². The summed E-state index contributed by atoms with van der Waals surface area (Å²) < 4.78 is 39.8. The predicted octanol–water partition coefficient (Wildman–Crippen LogP) is 6.06. The van der Waals surface area contributed by atoms with E-state index in [9.17, 15) is 18.0 Å². The number of pyridine rings is 1. The molecule has 1 saturated carbocycles. The predicted molar refractivity (Wildman–Crippen MR) is 115 cm³/mol. The monoisotopic (exact) mass is 447 g/mol. The lowest BCUT2D eigenvalue weighted by Gasteiger charge is -2.30. The molecule has 0 spiro atoms. The summed E-state index contributed by atoms with van der Waals surface area (Å²) in [5.74, 6) is -0.172. The molecule has 1 amide bonds. The molecule has 1 heterocycles. The molecule has 4 rings (SSSR count). The first kappa shape index (κ1) is 21.4. The highest BCUT2D eigenvalue weighted by molar-refractivity contribution is 6.30. The zero-order chi connectivity index (χ0) is 22.0. The summed E-state index contributed by atoms with van der Waals surface area (Å²) in [6, 6.07) is 14.7. The summed E-state index contributed by atoms with van der Waals surface area (Å²) in [4.78, 5) is 16.2. The van der Waals surface area contributed by atoms with E-state index in [0.717, 1.165) is 31.7 Å². The van der Waals surface area contributed by atoms with E-state index >= 15 is 0 Å². The van der Waals surface area contributed by atoms with E-state index in [1.165, 1.54) is 0 Å². The third kappa shape index (κ3) is 5.10. The lowest BCUT2D eigenvalue weighted by Crippen LogP contribution is -2.40. The second kappa shape index (κ2) is 8.75. The van der Waals surface area contributed by atoms with Crippen molar-refractivity contribution in [2.75, 3.05) is 5.32 Å². The van der Waals surface area contributed by atoms with Crippen molar-refractivity contribution < 1.29 is 18.0 Å². The van der Waals surface area contributed by atoms with Crippen molar-refractivity contribution in [3.05, 3.63) is 70.9 Å². The number of fused-ring (bicyclic) bond motifs is 1. The number of carbonyl (C=O) groups excluding carboxylic acids is 1. The van der Waals surface area contributed by atoms with Gasteiger partial charge in [0.15, 0.2) is 0 Å². The van der Waals surface area contributed by atoms with Gasteiger partial charge in [0.25, 0.3) is 5.91 Å². The molecular weight excluding hydrogens is 427 g/mol. The number of rotatable bonds is 4. The van der Waals surface area contributed by atoms with Gasteiger partial charge in [-0.3, -0.25) is 4.79 Å². The maximum Gasteiger partial charge on any atom is 0.433 e. The molecular formula is C23H21ClF3N3O. The second-order valence-corrected chi connectivity index (χ2v) is 8.18. The number of benzene rings is 2. The van der Waals surface area contributed by atoms with E-state index in [0.29, 0.717) is 27.2 Å². The molecule has 1 aliphatic carbocycles. The number of para-hydroxylation sites is 1. The smallest absolute Gasteiger partial charge is 0.382 e. The van der Waals surface area contributed by atoms with Gasteiger partial charge in [0.2, 0.25) is 0 Å². The minimum absolute atomic E-state index is 0.0180. The molecule has 2 N–H and O–H groups in total. The fourth-order valence-corrected chi connectivity index (χ4v) is 4.13. The van der Waals surface area contributed by atoms with Crippen LogP contribution in [-0.2, 0) is 6.18 Å². The Kier molecular flexibility index (Phi) is 6.05. The molecule has 162 valence electrons. The van der Waals surface area contributed by atoms with Crippen LogP contribution in [0.15, 0.2) is 54.6 Å². The summed E-state index contributed by atoms with van der Waals surface area (Å²) in [6.07, 6.45) is -1.57. The molecule has 8 heteroatoms. The van der Waals surface area contributed by atoms with E-state index in [1.54, 1.807) is 48.5 Å². The molecule has 0 saturated heterocycles. The van der Waals surface area contributed by atoms with Gasteiger partial charge < -0.3 is 10.6 Å². The highest BCUT2D eigenvalue weighted by Gasteiger charge is 2.33. The molecule has 31 heavy (non-hydrogen) atoms. The van der Waals surface area contributed by atoms with Gasteiger partial charge in [-0.2, -0.15) is 13.2 Å². The molecule has 0 aliphatic heterocycles. The van der Waals surface area contributed by atoms with Gasteiger partial charge in [-0.15, -0.1) is 0 Å². The number of carbonyl (C=O) groups is 1. The summed E-state index contributed by atoms with van der Waals surface area (Å²) in [7, 11) is 0. The summed E-state index contributed by atoms with van der Waals surface area (Å²) in [5.41, 5.74) is 0.346. The summed E-state index contributed by atoms with van der Waals surface area (Å²) >= 11 is 5.95. The molecule has 0 atom stereocenters. The van der Waals surface area contributed by atoms with E-state index < -0.39 is 11.9 Å². The third-order valence-corrected chi connectivity index (χ3v) is 5.75. The molecule has 1 aliphatic rings. The van der Waals surface area contributed by atoms with Gasteiger partial charge in [-0.1, -0.05) is 35.9 Å². The molecule has 0 radical (unpaired) electrons. The van der Waals surface area contributed by atoms with Crippen molar-refractivity contribution in [1.29, 1.82) is 0 Å². The van der Waals surface area contributed by atoms with Crippen LogP contribution in [0.2, 0.25) is 5.02 Å². The number of halogens is 4. The Morgan fingerprint density at radius 2 is 1.68 bits per heavy atom. The van der Waals surface area contributed by atoms with Crippen LogP contribution in [0.4, 0.5) is 18.9 Å². The number of nitrogens with zero attached hydrogens (tertiary/aromatic N) is 1. The molecule has 1 aromatic heterocycles. The van der Waals surface area contributed by atoms with E-state index in [4.69, 9.17) is 11.6 Å². The zero-order valence-electron chi connectivity index (χ0n) is 16.5. The molecule has 0 unspecified atom stereocenters. The topological polar surface area (TPSA) is 54.0 Å². The Morgan fingerprint density at radius 3 is 2.39 bits per heavy atom. The molecule has 1 fully saturated rings. The minimum atomic E-state index is -4.51. The summed E-state index contributed by atoms with van der Waals surface area (Å²) in [6.45, 7) is 0. The van der Waals surface area contributed by atoms with Crippen LogP contribution >= 0.6 is 11.6 Å². The number of hydrogen-bond acceptors (Lipinski definition) is 3. The first-order valence-corrected chi connectivity index (χ1v) is 10.5. The fourth-order valence-electron chi connectivity index (χ4n) is 3.94. The van der Waals surface area contributed by atoms with E-state index in [1.807, 2.05) is 0 Å². The first-order valence-electron chi connectivity index (χ1n) is 10.1. The zero-order valence-corrected chi connectivity index (χ0v) is 17.3. The highest BCUT2D eigenvalue weighted by Crippen LogP contribution is 2.34. The van der Waals surface area contributed by atoms with Crippen molar-refractivity contribution >= 4 is 34.1 Å². The normalized spacial score (nSPS) is 19.2. The van der Waals surface area contributed by atoms with E-state index in [2.05, 4.69) is 15.6 Å². The third-order valence-electron chi connectivity index (χ3n) is 5.52. The number of nitrogens with one attached hydrogen (secondary N) is 2. The fraction of sp³-hybridized carbons (Fsp3) is 0.304. The van der Waals surface area contributed by atoms with Gasteiger partial charge in [0.05, 0.1) is 5.52 Å². The SMILES string of the molecule is O=C(NC1CCC(Nc2cc(C(F)(F)F)nc3ccccc23)CC1)c1cccc(Cl)c1. The van der Waals surface area contributed by atoms with Crippen LogP contribution in [-0.4, -0.2) is 23.0 Å². The van der Waals surface area contributed by atoms with Gasteiger partial charge in [-0.25, -0.2) is 4.98 Å². The van der Waals surface area contributed by atoms with Crippen LogP contribution in [0.1, 0.15) is 41.7 Å². The Bertz CT molecular complexity index is 1090. The maximum absolute atomic E-state index is 13.3. The second-order valence-electron chi connectivity index (χ2n) is 7.75. The van der Waals surface area contributed by atoms with Gasteiger partial charge in [-0.05, 0) is 56.0 Å². The van der Waals surface area contributed by atoms with Crippen molar-refractivity contribution in [2.45, 2.75) is 43.9 Å². The largest absolute Gasteiger partial charge is 0.433 e. The van der Waals surface area contributed by atoms with E-state index in [-0.39, 0.29) is 18.0 Å². The minimum Gasteiger partial charge on any atom is -0.382 e. The lowest BCUT2D eigenvalue weighted by molar-refractivity contribution is -0.140. The Morgan fingerprint density at radius 1 is 0.968 bits per heavy atom. The Hall–Kier alpha value is -2.80.